The van der Waals surface area contributed by atoms with Crippen molar-refractivity contribution in [2.75, 3.05) is 35.0 Å². The van der Waals surface area contributed by atoms with Crippen molar-refractivity contribution >= 4 is 5.91 Å². The summed E-state index contributed by atoms with van der Waals surface area (Å²) in [5, 5.41) is 3.98. The summed E-state index contributed by atoms with van der Waals surface area (Å²) in [6, 6.07) is 12.3. The van der Waals surface area contributed by atoms with Crippen LogP contribution in [0.2, 0.25) is 0 Å². The van der Waals surface area contributed by atoms with Gasteiger partial charge in [0.15, 0.2) is 18.1 Å². The second-order valence-electron chi connectivity index (χ2n) is 6.30. The number of carbonyl (C=O) groups excluding carboxylic acids is 1. The molecule has 2 aromatic carbocycles. The van der Waals surface area contributed by atoms with E-state index in [2.05, 4.69) is 10.1 Å². The van der Waals surface area contributed by atoms with Gasteiger partial charge in [-0.15, -0.1) is 0 Å². The lowest BCUT2D eigenvalue weighted by atomic mass is 10.2. The molecular formula is C21H23N3O6. The van der Waals surface area contributed by atoms with Crippen molar-refractivity contribution < 1.29 is 28.3 Å². The van der Waals surface area contributed by atoms with E-state index >= 15 is 0 Å². The Hall–Kier alpha value is -3.75. The van der Waals surface area contributed by atoms with E-state index in [1.165, 1.54) is 4.90 Å². The Morgan fingerprint density at radius 1 is 0.967 bits per heavy atom. The predicted molar refractivity (Wildman–Crippen MR) is 108 cm³/mol. The first-order chi connectivity index (χ1) is 14.5. The summed E-state index contributed by atoms with van der Waals surface area (Å²) in [6.45, 7) is 0.0462. The van der Waals surface area contributed by atoms with Gasteiger partial charge in [0.2, 0.25) is 11.7 Å². The molecule has 0 N–H and O–H groups in total. The van der Waals surface area contributed by atoms with Gasteiger partial charge in [-0.1, -0.05) is 5.16 Å². The van der Waals surface area contributed by atoms with Gasteiger partial charge in [0.25, 0.3) is 5.91 Å². The molecule has 3 aromatic rings. The van der Waals surface area contributed by atoms with Crippen molar-refractivity contribution in [1.29, 1.82) is 0 Å². The summed E-state index contributed by atoms with van der Waals surface area (Å²) in [6.07, 6.45) is 0. The van der Waals surface area contributed by atoms with Gasteiger partial charge >= 0.3 is 0 Å². The monoisotopic (exact) mass is 413 g/mol. The van der Waals surface area contributed by atoms with E-state index in [0.29, 0.717) is 40.3 Å². The van der Waals surface area contributed by atoms with Crippen LogP contribution in [-0.4, -0.2) is 55.9 Å². The van der Waals surface area contributed by atoms with Crippen LogP contribution in [0.15, 0.2) is 47.0 Å². The highest BCUT2D eigenvalue weighted by Crippen LogP contribution is 2.31. The molecule has 0 unspecified atom stereocenters. The molecule has 0 atom stereocenters. The second-order valence-corrected chi connectivity index (χ2v) is 6.30. The molecule has 0 saturated carbocycles. The highest BCUT2D eigenvalue weighted by Gasteiger charge is 2.16. The smallest absolute Gasteiger partial charge is 0.260 e. The number of ether oxygens (including phenoxy) is 4. The summed E-state index contributed by atoms with van der Waals surface area (Å²) in [4.78, 5) is 18.1. The van der Waals surface area contributed by atoms with E-state index in [4.69, 9.17) is 23.5 Å². The molecule has 0 radical (unpaired) electrons. The number of nitrogens with zero attached hydrogens (tertiary/aromatic N) is 3. The van der Waals surface area contributed by atoms with Crippen LogP contribution in [0.4, 0.5) is 0 Å². The van der Waals surface area contributed by atoms with Crippen molar-refractivity contribution in [1.82, 2.24) is 15.0 Å². The molecule has 0 bridgehead atoms. The second kappa shape index (κ2) is 9.64. The lowest BCUT2D eigenvalue weighted by Crippen LogP contribution is -2.31. The maximum atomic E-state index is 12.3. The summed E-state index contributed by atoms with van der Waals surface area (Å²) >= 11 is 0. The summed E-state index contributed by atoms with van der Waals surface area (Å²) in [5.41, 5.74) is 0.708. The van der Waals surface area contributed by atoms with E-state index in [9.17, 15) is 4.79 Å². The largest absolute Gasteiger partial charge is 0.497 e. The third-order valence-electron chi connectivity index (χ3n) is 4.33. The van der Waals surface area contributed by atoms with Gasteiger partial charge in [-0.3, -0.25) is 4.79 Å². The average molecular weight is 413 g/mol. The molecule has 1 heterocycles. The minimum atomic E-state index is -0.225. The molecule has 1 aromatic heterocycles. The number of benzene rings is 2. The molecule has 0 aliphatic heterocycles. The average Bonchev–Trinajstić information content (AvgIpc) is 3.25. The molecular weight excluding hydrogens is 390 g/mol. The molecule has 0 spiro atoms. The zero-order valence-electron chi connectivity index (χ0n) is 17.2. The first-order valence-corrected chi connectivity index (χ1v) is 9.10. The Morgan fingerprint density at radius 3 is 2.33 bits per heavy atom. The third kappa shape index (κ3) is 4.99. The fourth-order valence-corrected chi connectivity index (χ4v) is 2.63. The highest BCUT2D eigenvalue weighted by molar-refractivity contribution is 5.77. The van der Waals surface area contributed by atoms with Crippen LogP contribution in [0.1, 0.15) is 5.89 Å². The van der Waals surface area contributed by atoms with E-state index < -0.39 is 0 Å². The molecule has 0 aliphatic rings. The maximum absolute atomic E-state index is 12.3. The standard InChI is InChI=1S/C21H23N3O6/c1-24(20(25)13-29-16-8-6-15(26-2)7-9-16)12-19-22-21(23-30-19)14-5-10-17(27-3)18(11-14)28-4/h5-11H,12-13H2,1-4H3. The zero-order valence-corrected chi connectivity index (χ0v) is 17.2. The Kier molecular flexibility index (Phi) is 6.74. The van der Waals surface area contributed by atoms with Crippen LogP contribution in [0, 0.1) is 0 Å². The van der Waals surface area contributed by atoms with Crippen LogP contribution in [0.3, 0.4) is 0 Å². The van der Waals surface area contributed by atoms with Gasteiger partial charge in [0.05, 0.1) is 27.9 Å². The van der Waals surface area contributed by atoms with E-state index in [-0.39, 0.29) is 19.1 Å². The van der Waals surface area contributed by atoms with Gasteiger partial charge in [-0.05, 0) is 42.5 Å². The fourth-order valence-electron chi connectivity index (χ4n) is 2.63. The molecule has 9 nitrogen and oxygen atoms in total. The first-order valence-electron chi connectivity index (χ1n) is 9.10. The lowest BCUT2D eigenvalue weighted by Gasteiger charge is -2.15. The van der Waals surface area contributed by atoms with Crippen molar-refractivity contribution in [2.45, 2.75) is 6.54 Å². The number of likely N-dealkylation sites (N-methyl/N-ethyl adjacent to an activating group) is 1. The summed E-state index contributed by atoms with van der Waals surface area (Å²) in [5.74, 6) is 2.92. The van der Waals surface area contributed by atoms with Gasteiger partial charge in [-0.2, -0.15) is 4.98 Å². The van der Waals surface area contributed by atoms with Crippen LogP contribution in [0.5, 0.6) is 23.0 Å². The van der Waals surface area contributed by atoms with Crippen molar-refractivity contribution in [2.24, 2.45) is 0 Å². The Bertz CT molecular complexity index is 987. The predicted octanol–water partition coefficient (Wildman–Crippen LogP) is 2.80. The maximum Gasteiger partial charge on any atom is 0.260 e. The van der Waals surface area contributed by atoms with Crippen LogP contribution in [-0.2, 0) is 11.3 Å². The van der Waals surface area contributed by atoms with Gasteiger partial charge in [0.1, 0.15) is 11.5 Å². The molecule has 1 amide bonds. The van der Waals surface area contributed by atoms with E-state index in [1.807, 2.05) is 0 Å². The molecule has 158 valence electrons. The minimum Gasteiger partial charge on any atom is -0.497 e. The molecule has 3 rings (SSSR count). The van der Waals surface area contributed by atoms with Gasteiger partial charge < -0.3 is 28.4 Å². The van der Waals surface area contributed by atoms with Crippen molar-refractivity contribution in [3.63, 3.8) is 0 Å². The molecule has 0 fully saturated rings. The molecule has 30 heavy (non-hydrogen) atoms. The first kappa shape index (κ1) is 21.0. The Balaban J connectivity index is 1.58. The Labute approximate surface area is 174 Å². The van der Waals surface area contributed by atoms with Crippen molar-refractivity contribution in [3.8, 4) is 34.4 Å². The SMILES string of the molecule is COc1ccc(OCC(=O)N(C)Cc2nc(-c3ccc(OC)c(OC)c3)no2)cc1. The number of rotatable bonds is 9. The number of aromatic nitrogens is 2. The van der Waals surface area contributed by atoms with Gasteiger partial charge in [-0.25, -0.2) is 0 Å². The summed E-state index contributed by atoms with van der Waals surface area (Å²) in [7, 11) is 6.34. The lowest BCUT2D eigenvalue weighted by molar-refractivity contribution is -0.132. The minimum absolute atomic E-state index is 0.112. The quantitative estimate of drug-likeness (QED) is 0.528. The number of amides is 1. The Morgan fingerprint density at radius 2 is 1.67 bits per heavy atom. The highest BCUT2D eigenvalue weighted by atomic mass is 16.5. The van der Waals surface area contributed by atoms with Crippen molar-refractivity contribution in [3.05, 3.63) is 48.4 Å². The summed E-state index contributed by atoms with van der Waals surface area (Å²) < 4.78 is 26.4. The van der Waals surface area contributed by atoms with Crippen LogP contribution in [0.25, 0.3) is 11.4 Å². The van der Waals surface area contributed by atoms with E-state index in [0.717, 1.165) is 0 Å². The number of methoxy groups -OCH3 is 3. The van der Waals surface area contributed by atoms with E-state index in [1.54, 1.807) is 70.8 Å². The molecule has 9 heteroatoms. The third-order valence-corrected chi connectivity index (χ3v) is 4.33. The van der Waals surface area contributed by atoms with Gasteiger partial charge in [0, 0.05) is 12.6 Å². The normalized spacial score (nSPS) is 10.4. The van der Waals surface area contributed by atoms with Crippen LogP contribution < -0.4 is 18.9 Å². The molecule has 0 aliphatic carbocycles. The van der Waals surface area contributed by atoms with Crippen LogP contribution >= 0.6 is 0 Å². The zero-order chi connectivity index (χ0) is 21.5. The molecule has 0 saturated heterocycles. The number of hydrogen-bond donors (Lipinski definition) is 0. The fraction of sp³-hybridized carbons (Fsp3) is 0.286. The number of carbonyl (C=O) groups is 1. The topological polar surface area (TPSA) is 96.2 Å². The number of hydrogen-bond acceptors (Lipinski definition) is 8.